The highest BCUT2D eigenvalue weighted by Gasteiger charge is 2.29. The van der Waals surface area contributed by atoms with Crippen molar-refractivity contribution < 1.29 is 28.8 Å². The zero-order valence-corrected chi connectivity index (χ0v) is 19.0. The standard InChI is InChI=1S/C21H21ClN2O7S/c1-3-30-21(27)18-14-6-4-11(2)8-16(14)32-19(18)23-17(25)10-31-20(26)13-7-5-12(24(28)29)9-15(13)22/h5,7,9,11H,3-4,6,8,10H2,1-2H3,(H,23,25). The number of hydrogen-bond donors (Lipinski definition) is 1. The predicted molar refractivity (Wildman–Crippen MR) is 118 cm³/mol. The summed E-state index contributed by atoms with van der Waals surface area (Å²) >= 11 is 7.24. The lowest BCUT2D eigenvalue weighted by Crippen LogP contribution is -2.22. The number of nitrogens with one attached hydrogen (secondary N) is 1. The molecule has 1 unspecified atom stereocenters. The number of nitro groups is 1. The number of carbonyl (C=O) groups excluding carboxylic acids is 3. The third kappa shape index (κ3) is 5.25. The largest absolute Gasteiger partial charge is 0.462 e. The van der Waals surface area contributed by atoms with Gasteiger partial charge in [0.1, 0.15) is 5.00 Å². The Morgan fingerprint density at radius 2 is 2.03 bits per heavy atom. The second kappa shape index (κ2) is 10.1. The van der Waals surface area contributed by atoms with Crippen molar-refractivity contribution in [2.24, 2.45) is 5.92 Å². The van der Waals surface area contributed by atoms with Crippen LogP contribution in [-0.2, 0) is 27.1 Å². The van der Waals surface area contributed by atoms with Gasteiger partial charge in [-0.2, -0.15) is 0 Å². The van der Waals surface area contributed by atoms with Crippen LogP contribution in [-0.4, -0.2) is 36.0 Å². The van der Waals surface area contributed by atoms with E-state index in [1.54, 1.807) is 6.92 Å². The molecule has 0 spiro atoms. The van der Waals surface area contributed by atoms with E-state index in [-0.39, 0.29) is 22.9 Å². The van der Waals surface area contributed by atoms with Crippen molar-refractivity contribution in [1.82, 2.24) is 0 Å². The number of thiophene rings is 1. The highest BCUT2D eigenvalue weighted by Crippen LogP contribution is 2.40. The SMILES string of the molecule is CCOC(=O)c1c(NC(=O)COC(=O)c2ccc([N+](=O)[O-])cc2Cl)sc2c1CCC(C)C2. The maximum atomic E-state index is 12.5. The molecule has 0 fully saturated rings. The minimum absolute atomic E-state index is 0.0992. The molecule has 0 bridgehead atoms. The van der Waals surface area contributed by atoms with E-state index in [2.05, 4.69) is 12.2 Å². The van der Waals surface area contributed by atoms with Crippen molar-refractivity contribution in [3.05, 3.63) is 54.9 Å². The van der Waals surface area contributed by atoms with Crippen LogP contribution in [0, 0.1) is 16.0 Å². The topological polar surface area (TPSA) is 125 Å². The van der Waals surface area contributed by atoms with Crippen LogP contribution in [0.4, 0.5) is 10.7 Å². The number of nitro benzene ring substituents is 1. The Labute approximate surface area is 192 Å². The molecule has 2 aromatic rings. The monoisotopic (exact) mass is 480 g/mol. The quantitative estimate of drug-likeness (QED) is 0.353. The fraction of sp³-hybridized carbons (Fsp3) is 0.381. The number of benzene rings is 1. The van der Waals surface area contributed by atoms with Crippen LogP contribution in [0.1, 0.15) is 51.4 Å². The molecule has 1 aromatic carbocycles. The van der Waals surface area contributed by atoms with Crippen molar-refractivity contribution in [3.63, 3.8) is 0 Å². The van der Waals surface area contributed by atoms with Gasteiger partial charge in [-0.1, -0.05) is 18.5 Å². The summed E-state index contributed by atoms with van der Waals surface area (Å²) in [5.41, 5.74) is 0.887. The first kappa shape index (κ1) is 23.7. The van der Waals surface area contributed by atoms with Crippen molar-refractivity contribution in [1.29, 1.82) is 0 Å². The number of halogens is 1. The molecule has 0 aliphatic heterocycles. The third-order valence-corrected chi connectivity index (χ3v) is 6.44. The van der Waals surface area contributed by atoms with Gasteiger partial charge < -0.3 is 14.8 Å². The number of fused-ring (bicyclic) bond motifs is 1. The summed E-state index contributed by atoms with van der Waals surface area (Å²) in [7, 11) is 0. The lowest BCUT2D eigenvalue weighted by Gasteiger charge is -2.18. The first-order valence-corrected chi connectivity index (χ1v) is 11.1. The number of non-ortho nitro benzene ring substituents is 1. The van der Waals surface area contributed by atoms with E-state index in [1.165, 1.54) is 11.3 Å². The molecule has 1 heterocycles. The van der Waals surface area contributed by atoms with Crippen LogP contribution in [0.3, 0.4) is 0 Å². The normalized spacial score (nSPS) is 14.9. The van der Waals surface area contributed by atoms with E-state index in [4.69, 9.17) is 21.1 Å². The molecular formula is C21H21ClN2O7S. The molecule has 11 heteroatoms. The summed E-state index contributed by atoms with van der Waals surface area (Å²) in [5, 5.41) is 13.6. The van der Waals surface area contributed by atoms with E-state index < -0.39 is 29.4 Å². The summed E-state index contributed by atoms with van der Waals surface area (Å²) in [4.78, 5) is 48.3. The van der Waals surface area contributed by atoms with Gasteiger partial charge in [-0.3, -0.25) is 14.9 Å². The maximum Gasteiger partial charge on any atom is 0.341 e. The van der Waals surface area contributed by atoms with Gasteiger partial charge in [0.25, 0.3) is 11.6 Å². The van der Waals surface area contributed by atoms with Gasteiger partial charge in [-0.05, 0) is 43.7 Å². The molecule has 170 valence electrons. The molecule has 0 saturated carbocycles. The maximum absolute atomic E-state index is 12.5. The second-order valence-electron chi connectivity index (χ2n) is 7.32. The number of anilines is 1. The summed E-state index contributed by atoms with van der Waals surface area (Å²) in [6.07, 6.45) is 2.48. The van der Waals surface area contributed by atoms with Gasteiger partial charge in [0.15, 0.2) is 6.61 Å². The van der Waals surface area contributed by atoms with E-state index in [0.717, 1.165) is 47.9 Å². The zero-order valence-electron chi connectivity index (χ0n) is 17.4. The summed E-state index contributed by atoms with van der Waals surface area (Å²) in [6, 6.07) is 3.31. The number of hydrogen-bond acceptors (Lipinski definition) is 8. The number of amides is 1. The molecule has 0 saturated heterocycles. The molecule has 9 nitrogen and oxygen atoms in total. The number of ether oxygens (including phenoxy) is 2. The zero-order chi connectivity index (χ0) is 23.4. The van der Waals surface area contributed by atoms with E-state index >= 15 is 0 Å². The number of carbonyl (C=O) groups is 3. The molecular weight excluding hydrogens is 460 g/mol. The van der Waals surface area contributed by atoms with Crippen molar-refractivity contribution in [3.8, 4) is 0 Å². The minimum atomic E-state index is -0.898. The molecule has 1 aromatic heterocycles. The van der Waals surface area contributed by atoms with Crippen molar-refractivity contribution >= 4 is 51.5 Å². The van der Waals surface area contributed by atoms with Crippen molar-refractivity contribution in [2.45, 2.75) is 33.1 Å². The van der Waals surface area contributed by atoms with Crippen LogP contribution < -0.4 is 5.32 Å². The van der Waals surface area contributed by atoms with Gasteiger partial charge in [0.2, 0.25) is 0 Å². The Morgan fingerprint density at radius 1 is 1.28 bits per heavy atom. The van der Waals surface area contributed by atoms with Crippen LogP contribution in [0.25, 0.3) is 0 Å². The first-order valence-electron chi connectivity index (χ1n) is 9.93. The first-order chi connectivity index (χ1) is 15.2. The molecule has 0 radical (unpaired) electrons. The van der Waals surface area contributed by atoms with Gasteiger partial charge in [-0.15, -0.1) is 11.3 Å². The Hall–Kier alpha value is -2.98. The van der Waals surface area contributed by atoms with Gasteiger partial charge in [0, 0.05) is 17.0 Å². The lowest BCUT2D eigenvalue weighted by molar-refractivity contribution is -0.384. The molecule has 32 heavy (non-hydrogen) atoms. The Morgan fingerprint density at radius 3 is 2.69 bits per heavy atom. The van der Waals surface area contributed by atoms with Gasteiger partial charge >= 0.3 is 11.9 Å². The summed E-state index contributed by atoms with van der Waals surface area (Å²) in [6.45, 7) is 3.43. The van der Waals surface area contributed by atoms with Crippen molar-refractivity contribution in [2.75, 3.05) is 18.5 Å². The van der Waals surface area contributed by atoms with Gasteiger partial charge in [-0.25, -0.2) is 9.59 Å². The molecule has 1 amide bonds. The lowest BCUT2D eigenvalue weighted by atomic mass is 9.88. The van der Waals surface area contributed by atoms with E-state index in [9.17, 15) is 24.5 Å². The van der Waals surface area contributed by atoms with Crippen LogP contribution >= 0.6 is 22.9 Å². The Balaban J connectivity index is 1.70. The fourth-order valence-corrected chi connectivity index (χ4v) is 5.08. The highest BCUT2D eigenvalue weighted by atomic mass is 35.5. The smallest absolute Gasteiger partial charge is 0.341 e. The van der Waals surface area contributed by atoms with Gasteiger partial charge in [0.05, 0.1) is 27.7 Å². The second-order valence-corrected chi connectivity index (χ2v) is 8.83. The molecule has 1 aliphatic rings. The minimum Gasteiger partial charge on any atom is -0.462 e. The molecule has 1 N–H and O–H groups in total. The van der Waals surface area contributed by atoms with Crippen LogP contribution in [0.2, 0.25) is 5.02 Å². The molecule has 1 aliphatic carbocycles. The van der Waals surface area contributed by atoms with Crippen LogP contribution in [0.5, 0.6) is 0 Å². The average molecular weight is 481 g/mol. The number of rotatable bonds is 7. The molecule has 3 rings (SSSR count). The third-order valence-electron chi connectivity index (χ3n) is 4.96. The Bertz CT molecular complexity index is 1080. The van der Waals surface area contributed by atoms with E-state index in [1.807, 2.05) is 0 Å². The average Bonchev–Trinajstić information content (AvgIpc) is 3.08. The molecule has 1 atom stereocenters. The number of esters is 2. The number of nitrogens with zero attached hydrogens (tertiary/aromatic N) is 1. The summed E-state index contributed by atoms with van der Waals surface area (Å²) in [5.74, 6) is -1.55. The Kier molecular flexibility index (Phi) is 7.47. The van der Waals surface area contributed by atoms with Crippen LogP contribution in [0.15, 0.2) is 18.2 Å². The predicted octanol–water partition coefficient (Wildman–Crippen LogP) is 4.41. The van der Waals surface area contributed by atoms with E-state index in [0.29, 0.717) is 16.5 Å². The fourth-order valence-electron chi connectivity index (χ4n) is 3.41. The highest BCUT2D eigenvalue weighted by molar-refractivity contribution is 7.17. The summed E-state index contributed by atoms with van der Waals surface area (Å²) < 4.78 is 10.2.